The molecule has 1 N–H and O–H groups in total. The van der Waals surface area contributed by atoms with E-state index in [0.29, 0.717) is 11.3 Å². The van der Waals surface area contributed by atoms with Crippen LogP contribution in [0.3, 0.4) is 0 Å². The largest absolute Gasteiger partial charge is 0.310 e. The van der Waals surface area contributed by atoms with Crippen molar-refractivity contribution in [3.05, 3.63) is 34.1 Å². The van der Waals surface area contributed by atoms with Gasteiger partial charge in [-0.05, 0) is 43.2 Å². The minimum absolute atomic E-state index is 0.0642. The van der Waals surface area contributed by atoms with Gasteiger partial charge in [0.25, 0.3) is 0 Å². The Bertz CT molecular complexity index is 427. The lowest BCUT2D eigenvalue weighted by Gasteiger charge is -2.23. The van der Waals surface area contributed by atoms with Crippen LogP contribution in [0.5, 0.6) is 0 Å². The molecule has 0 amide bonds. The molecule has 1 unspecified atom stereocenters. The summed E-state index contributed by atoms with van der Waals surface area (Å²) >= 11 is 3.28. The summed E-state index contributed by atoms with van der Waals surface area (Å²) in [5.74, 6) is 0.561. The molecule has 1 saturated carbocycles. The van der Waals surface area contributed by atoms with Gasteiger partial charge in [0.05, 0.1) is 0 Å². The molecule has 0 radical (unpaired) electrons. The molecule has 100 valence electrons. The topological polar surface area (TPSA) is 12.0 Å². The molecule has 0 spiro atoms. The molecule has 0 aromatic heterocycles. The molecule has 3 heteroatoms. The van der Waals surface area contributed by atoms with Crippen molar-refractivity contribution in [2.45, 2.75) is 39.7 Å². The van der Waals surface area contributed by atoms with E-state index < -0.39 is 0 Å². The first-order valence-electron chi connectivity index (χ1n) is 6.63. The standard InChI is InChI=1S/C15H21BrFN/c1-10(2)15(6-7-15)9-18-11(3)13-5-4-12(16)8-14(13)17/h4-5,8,10-11,18H,6-7,9H2,1-3H3. The Labute approximate surface area is 117 Å². The zero-order valence-corrected chi connectivity index (χ0v) is 12.8. The van der Waals surface area contributed by atoms with E-state index in [0.717, 1.165) is 16.6 Å². The second-order valence-corrected chi connectivity index (χ2v) is 6.70. The van der Waals surface area contributed by atoms with E-state index in [-0.39, 0.29) is 11.9 Å². The number of benzene rings is 1. The lowest BCUT2D eigenvalue weighted by molar-refractivity contribution is 0.323. The minimum Gasteiger partial charge on any atom is -0.310 e. The molecular formula is C15H21BrFN. The molecule has 0 saturated heterocycles. The lowest BCUT2D eigenvalue weighted by Crippen LogP contribution is -2.30. The van der Waals surface area contributed by atoms with Crippen LogP contribution in [-0.2, 0) is 0 Å². The Balaban J connectivity index is 1.98. The van der Waals surface area contributed by atoms with E-state index in [1.54, 1.807) is 0 Å². The molecule has 1 fully saturated rings. The normalized spacial score (nSPS) is 19.0. The Hall–Kier alpha value is -0.410. The Morgan fingerprint density at radius 2 is 2.00 bits per heavy atom. The van der Waals surface area contributed by atoms with Crippen molar-refractivity contribution in [3.8, 4) is 0 Å². The predicted molar refractivity (Wildman–Crippen MR) is 77.0 cm³/mol. The smallest absolute Gasteiger partial charge is 0.129 e. The number of hydrogen-bond donors (Lipinski definition) is 1. The summed E-state index contributed by atoms with van der Waals surface area (Å²) in [6.07, 6.45) is 2.60. The van der Waals surface area contributed by atoms with E-state index >= 15 is 0 Å². The van der Waals surface area contributed by atoms with Crippen LogP contribution in [0.15, 0.2) is 22.7 Å². The van der Waals surface area contributed by atoms with Gasteiger partial charge in [-0.15, -0.1) is 0 Å². The third-order valence-electron chi connectivity index (χ3n) is 4.31. The monoisotopic (exact) mass is 313 g/mol. The third kappa shape index (κ3) is 2.94. The van der Waals surface area contributed by atoms with Crippen molar-refractivity contribution in [1.82, 2.24) is 5.32 Å². The molecule has 1 nitrogen and oxygen atoms in total. The molecule has 1 aliphatic rings. The molecule has 2 rings (SSSR count). The zero-order valence-electron chi connectivity index (χ0n) is 11.3. The van der Waals surface area contributed by atoms with Crippen LogP contribution in [0.2, 0.25) is 0 Å². The van der Waals surface area contributed by atoms with Gasteiger partial charge in [0.1, 0.15) is 5.82 Å². The van der Waals surface area contributed by atoms with Gasteiger partial charge in [-0.2, -0.15) is 0 Å². The van der Waals surface area contributed by atoms with Crippen molar-refractivity contribution in [3.63, 3.8) is 0 Å². The summed E-state index contributed by atoms with van der Waals surface area (Å²) in [4.78, 5) is 0. The summed E-state index contributed by atoms with van der Waals surface area (Å²) in [7, 11) is 0. The summed E-state index contributed by atoms with van der Waals surface area (Å²) in [6, 6.07) is 5.34. The first kappa shape index (κ1) is 14.0. The van der Waals surface area contributed by atoms with Gasteiger partial charge < -0.3 is 5.32 Å². The van der Waals surface area contributed by atoms with Crippen molar-refractivity contribution < 1.29 is 4.39 Å². The van der Waals surface area contributed by atoms with Crippen molar-refractivity contribution in [2.75, 3.05) is 6.54 Å². The van der Waals surface area contributed by atoms with Crippen molar-refractivity contribution >= 4 is 15.9 Å². The second kappa shape index (κ2) is 5.30. The molecule has 1 atom stereocenters. The lowest BCUT2D eigenvalue weighted by atomic mass is 9.92. The number of halogens is 2. The maximum Gasteiger partial charge on any atom is 0.129 e. The molecule has 1 aromatic carbocycles. The highest BCUT2D eigenvalue weighted by Crippen LogP contribution is 2.51. The Morgan fingerprint density at radius 1 is 1.33 bits per heavy atom. The molecule has 0 heterocycles. The van der Waals surface area contributed by atoms with Gasteiger partial charge in [-0.1, -0.05) is 35.8 Å². The van der Waals surface area contributed by atoms with Gasteiger partial charge >= 0.3 is 0 Å². The van der Waals surface area contributed by atoms with Crippen LogP contribution >= 0.6 is 15.9 Å². The van der Waals surface area contributed by atoms with Gasteiger partial charge in [0.2, 0.25) is 0 Å². The first-order chi connectivity index (χ1) is 8.44. The molecule has 0 aliphatic heterocycles. The molecule has 0 bridgehead atoms. The van der Waals surface area contributed by atoms with E-state index in [4.69, 9.17) is 0 Å². The SMILES string of the molecule is CC(NCC1(C(C)C)CC1)c1ccc(Br)cc1F. The number of hydrogen-bond acceptors (Lipinski definition) is 1. The third-order valence-corrected chi connectivity index (χ3v) is 4.80. The maximum absolute atomic E-state index is 13.8. The summed E-state index contributed by atoms with van der Waals surface area (Å²) in [5, 5.41) is 3.49. The average Bonchev–Trinajstić information content (AvgIpc) is 3.07. The van der Waals surface area contributed by atoms with Crippen LogP contribution < -0.4 is 5.32 Å². The van der Waals surface area contributed by atoms with Crippen LogP contribution in [0.4, 0.5) is 4.39 Å². The molecule has 18 heavy (non-hydrogen) atoms. The van der Waals surface area contributed by atoms with Crippen molar-refractivity contribution in [2.24, 2.45) is 11.3 Å². The molecule has 1 aromatic rings. The number of rotatable bonds is 5. The highest BCUT2D eigenvalue weighted by Gasteiger charge is 2.44. The zero-order chi connectivity index (χ0) is 13.3. The van der Waals surface area contributed by atoms with E-state index in [9.17, 15) is 4.39 Å². The summed E-state index contributed by atoms with van der Waals surface area (Å²) in [5.41, 5.74) is 1.21. The Morgan fingerprint density at radius 3 is 2.50 bits per heavy atom. The summed E-state index contributed by atoms with van der Waals surface area (Å²) in [6.45, 7) is 7.57. The van der Waals surface area contributed by atoms with Crippen molar-refractivity contribution in [1.29, 1.82) is 0 Å². The van der Waals surface area contributed by atoms with Gasteiger partial charge in [0, 0.05) is 22.6 Å². The molecular weight excluding hydrogens is 293 g/mol. The van der Waals surface area contributed by atoms with Gasteiger partial charge in [0.15, 0.2) is 0 Å². The van der Waals surface area contributed by atoms with Gasteiger partial charge in [-0.3, -0.25) is 0 Å². The fourth-order valence-corrected chi connectivity index (χ4v) is 2.77. The summed E-state index contributed by atoms with van der Waals surface area (Å²) < 4.78 is 14.6. The van der Waals surface area contributed by atoms with Crippen LogP contribution in [0, 0.1) is 17.2 Å². The second-order valence-electron chi connectivity index (χ2n) is 5.79. The fraction of sp³-hybridized carbons (Fsp3) is 0.600. The van der Waals surface area contributed by atoms with Crippen LogP contribution in [-0.4, -0.2) is 6.54 Å². The van der Waals surface area contributed by atoms with Gasteiger partial charge in [-0.25, -0.2) is 4.39 Å². The van der Waals surface area contributed by atoms with E-state index in [1.165, 1.54) is 18.9 Å². The average molecular weight is 314 g/mol. The predicted octanol–water partition coefficient (Wildman–Crippen LogP) is 4.68. The molecule has 1 aliphatic carbocycles. The van der Waals surface area contributed by atoms with Crippen LogP contribution in [0.25, 0.3) is 0 Å². The van der Waals surface area contributed by atoms with E-state index in [1.807, 2.05) is 19.1 Å². The minimum atomic E-state index is -0.140. The van der Waals surface area contributed by atoms with E-state index in [2.05, 4.69) is 35.1 Å². The maximum atomic E-state index is 13.8. The Kier molecular flexibility index (Phi) is 4.12. The number of nitrogens with one attached hydrogen (secondary N) is 1. The van der Waals surface area contributed by atoms with Crippen LogP contribution in [0.1, 0.15) is 45.2 Å². The highest BCUT2D eigenvalue weighted by atomic mass is 79.9. The first-order valence-corrected chi connectivity index (χ1v) is 7.42. The highest BCUT2D eigenvalue weighted by molar-refractivity contribution is 9.10. The quantitative estimate of drug-likeness (QED) is 0.832. The fourth-order valence-electron chi connectivity index (χ4n) is 2.44.